The Labute approximate surface area is 154 Å². The van der Waals surface area contributed by atoms with Crippen LogP contribution in [0, 0.1) is 0 Å². The Morgan fingerprint density at radius 3 is 2.19 bits per heavy atom. The van der Waals surface area contributed by atoms with Crippen LogP contribution in [0.5, 0.6) is 5.75 Å². The highest BCUT2D eigenvalue weighted by molar-refractivity contribution is 7.89. The summed E-state index contributed by atoms with van der Waals surface area (Å²) in [5.74, 6) is 1.75. The summed E-state index contributed by atoms with van der Waals surface area (Å²) in [6.07, 6.45) is 0. The van der Waals surface area contributed by atoms with Crippen molar-refractivity contribution in [1.29, 1.82) is 0 Å². The molecular formula is C18H24N4O3S. The van der Waals surface area contributed by atoms with E-state index in [1.54, 1.807) is 11.2 Å². The van der Waals surface area contributed by atoms with E-state index in [0.29, 0.717) is 32.8 Å². The van der Waals surface area contributed by atoms with Crippen LogP contribution in [-0.2, 0) is 10.0 Å². The summed E-state index contributed by atoms with van der Waals surface area (Å²) in [7, 11) is -3.12. The van der Waals surface area contributed by atoms with Crippen LogP contribution in [0.4, 0.5) is 5.82 Å². The van der Waals surface area contributed by atoms with E-state index in [9.17, 15) is 8.42 Å². The first-order valence-electron chi connectivity index (χ1n) is 8.83. The Morgan fingerprint density at radius 2 is 1.65 bits per heavy atom. The van der Waals surface area contributed by atoms with Gasteiger partial charge in [0.05, 0.1) is 18.1 Å². The Morgan fingerprint density at radius 1 is 0.962 bits per heavy atom. The van der Waals surface area contributed by atoms with Gasteiger partial charge in [0.2, 0.25) is 10.0 Å². The second kappa shape index (κ2) is 8.01. The van der Waals surface area contributed by atoms with Crippen molar-refractivity contribution >= 4 is 15.8 Å². The largest absolute Gasteiger partial charge is 0.494 e. The Bertz CT molecular complexity index is 815. The molecule has 2 aromatic rings. The minimum absolute atomic E-state index is 0.142. The van der Waals surface area contributed by atoms with Crippen molar-refractivity contribution in [3.63, 3.8) is 0 Å². The fourth-order valence-electron chi connectivity index (χ4n) is 2.91. The summed E-state index contributed by atoms with van der Waals surface area (Å²) >= 11 is 0. The lowest BCUT2D eigenvalue weighted by Gasteiger charge is -2.34. The zero-order valence-corrected chi connectivity index (χ0v) is 15.9. The molecule has 1 aromatic carbocycles. The van der Waals surface area contributed by atoms with Crippen molar-refractivity contribution in [3.05, 3.63) is 36.4 Å². The van der Waals surface area contributed by atoms with Crippen molar-refractivity contribution in [2.24, 2.45) is 0 Å². The molecule has 1 saturated heterocycles. The Kier molecular flexibility index (Phi) is 5.73. The lowest BCUT2D eigenvalue weighted by atomic mass is 10.1. The number of piperazine rings is 1. The lowest BCUT2D eigenvalue weighted by molar-refractivity contribution is 0.340. The maximum Gasteiger partial charge on any atom is 0.213 e. The van der Waals surface area contributed by atoms with Gasteiger partial charge in [-0.25, -0.2) is 8.42 Å². The highest BCUT2D eigenvalue weighted by Gasteiger charge is 2.26. The molecule has 0 spiro atoms. The van der Waals surface area contributed by atoms with E-state index in [2.05, 4.69) is 15.1 Å². The molecule has 7 nitrogen and oxygen atoms in total. The van der Waals surface area contributed by atoms with Gasteiger partial charge in [-0.2, -0.15) is 4.31 Å². The van der Waals surface area contributed by atoms with Crippen molar-refractivity contribution in [2.45, 2.75) is 13.8 Å². The van der Waals surface area contributed by atoms with E-state index >= 15 is 0 Å². The van der Waals surface area contributed by atoms with Crippen molar-refractivity contribution in [3.8, 4) is 17.0 Å². The van der Waals surface area contributed by atoms with Crippen LogP contribution >= 0.6 is 0 Å². The molecule has 3 rings (SSSR count). The fraction of sp³-hybridized carbons (Fsp3) is 0.444. The summed E-state index contributed by atoms with van der Waals surface area (Å²) in [5, 5.41) is 8.64. The zero-order valence-electron chi connectivity index (χ0n) is 15.1. The normalized spacial score (nSPS) is 15.8. The minimum atomic E-state index is -3.12. The van der Waals surface area contributed by atoms with Gasteiger partial charge in [0.1, 0.15) is 5.75 Å². The Balaban J connectivity index is 1.65. The standard InChI is InChI=1S/C18H24N4O3S/c1-3-25-16-7-5-15(6-8-16)17-9-10-18(20-19-17)21-11-13-22(14-12-21)26(23,24)4-2/h5-10H,3-4,11-14H2,1-2H3. The second-order valence-corrected chi connectivity index (χ2v) is 8.28. The first-order valence-corrected chi connectivity index (χ1v) is 10.4. The van der Waals surface area contributed by atoms with Gasteiger partial charge < -0.3 is 9.64 Å². The first kappa shape index (κ1) is 18.6. The van der Waals surface area contributed by atoms with E-state index in [0.717, 1.165) is 22.8 Å². The summed E-state index contributed by atoms with van der Waals surface area (Å²) in [4.78, 5) is 2.07. The van der Waals surface area contributed by atoms with E-state index in [-0.39, 0.29) is 5.75 Å². The molecule has 0 saturated carbocycles. The first-order chi connectivity index (χ1) is 12.5. The van der Waals surface area contributed by atoms with Crippen LogP contribution in [0.25, 0.3) is 11.3 Å². The minimum Gasteiger partial charge on any atom is -0.494 e. The maximum absolute atomic E-state index is 11.9. The SMILES string of the molecule is CCOc1ccc(-c2ccc(N3CCN(S(=O)(=O)CC)CC3)nn2)cc1. The van der Waals surface area contributed by atoms with Crippen molar-refractivity contribution in [1.82, 2.24) is 14.5 Å². The van der Waals surface area contributed by atoms with Gasteiger partial charge in [0.15, 0.2) is 5.82 Å². The predicted molar refractivity (Wildman–Crippen MR) is 102 cm³/mol. The smallest absolute Gasteiger partial charge is 0.213 e. The monoisotopic (exact) mass is 376 g/mol. The molecule has 8 heteroatoms. The van der Waals surface area contributed by atoms with E-state index in [4.69, 9.17) is 4.74 Å². The molecule has 1 aliphatic heterocycles. The molecule has 140 valence electrons. The molecule has 1 aliphatic rings. The summed E-state index contributed by atoms with van der Waals surface area (Å²) in [5.41, 5.74) is 1.77. The summed E-state index contributed by atoms with van der Waals surface area (Å²) < 4.78 is 30.9. The average molecular weight is 376 g/mol. The third-order valence-corrected chi connectivity index (χ3v) is 6.31. The van der Waals surface area contributed by atoms with E-state index < -0.39 is 10.0 Å². The second-order valence-electron chi connectivity index (χ2n) is 6.02. The van der Waals surface area contributed by atoms with Crippen LogP contribution in [0.3, 0.4) is 0 Å². The number of benzene rings is 1. The molecule has 0 atom stereocenters. The van der Waals surface area contributed by atoms with E-state index in [1.807, 2.05) is 43.3 Å². The third-order valence-electron chi connectivity index (χ3n) is 4.43. The highest BCUT2D eigenvalue weighted by Crippen LogP contribution is 2.22. The van der Waals surface area contributed by atoms with Crippen LogP contribution in [0.2, 0.25) is 0 Å². The summed E-state index contributed by atoms with van der Waals surface area (Å²) in [6, 6.07) is 11.6. The molecule has 0 bridgehead atoms. The molecule has 0 N–H and O–H groups in total. The van der Waals surface area contributed by atoms with Crippen LogP contribution in [0.15, 0.2) is 36.4 Å². The van der Waals surface area contributed by atoms with Gasteiger partial charge in [0, 0.05) is 31.7 Å². The number of rotatable bonds is 6. The van der Waals surface area contributed by atoms with Gasteiger partial charge in [-0.3, -0.25) is 0 Å². The van der Waals surface area contributed by atoms with E-state index in [1.165, 1.54) is 0 Å². The molecule has 0 amide bonds. The number of aromatic nitrogens is 2. The number of sulfonamides is 1. The molecule has 1 aromatic heterocycles. The van der Waals surface area contributed by atoms with Crippen molar-refractivity contribution in [2.75, 3.05) is 43.4 Å². The number of nitrogens with zero attached hydrogens (tertiary/aromatic N) is 4. The van der Waals surface area contributed by atoms with Crippen molar-refractivity contribution < 1.29 is 13.2 Å². The van der Waals surface area contributed by atoms with Gasteiger partial charge in [-0.15, -0.1) is 10.2 Å². The molecule has 0 radical (unpaired) electrons. The lowest BCUT2D eigenvalue weighted by Crippen LogP contribution is -2.49. The molecule has 2 heterocycles. The average Bonchev–Trinajstić information content (AvgIpc) is 2.69. The van der Waals surface area contributed by atoms with Crippen LogP contribution in [0.1, 0.15) is 13.8 Å². The maximum atomic E-state index is 11.9. The van der Waals surface area contributed by atoms with Gasteiger partial charge in [-0.05, 0) is 50.2 Å². The summed E-state index contributed by atoms with van der Waals surface area (Å²) in [6.45, 7) is 6.48. The number of hydrogen-bond acceptors (Lipinski definition) is 6. The number of ether oxygens (including phenoxy) is 1. The highest BCUT2D eigenvalue weighted by atomic mass is 32.2. The topological polar surface area (TPSA) is 75.6 Å². The molecule has 0 unspecified atom stereocenters. The van der Waals surface area contributed by atoms with Crippen LogP contribution in [-0.4, -0.2) is 61.5 Å². The fourth-order valence-corrected chi connectivity index (χ4v) is 4.00. The molecule has 26 heavy (non-hydrogen) atoms. The zero-order chi connectivity index (χ0) is 18.6. The van der Waals surface area contributed by atoms with Gasteiger partial charge in [0.25, 0.3) is 0 Å². The van der Waals surface area contributed by atoms with Crippen LogP contribution < -0.4 is 9.64 Å². The van der Waals surface area contributed by atoms with Gasteiger partial charge in [-0.1, -0.05) is 0 Å². The van der Waals surface area contributed by atoms with Gasteiger partial charge >= 0.3 is 0 Å². The quantitative estimate of drug-likeness (QED) is 0.768. The molecule has 0 aliphatic carbocycles. The predicted octanol–water partition coefficient (Wildman–Crippen LogP) is 2.01. The number of anilines is 1. The third kappa shape index (κ3) is 4.13. The molecule has 1 fully saturated rings. The molecular weight excluding hydrogens is 352 g/mol. The Hall–Kier alpha value is -2.19. The number of hydrogen-bond donors (Lipinski definition) is 0.